The summed E-state index contributed by atoms with van der Waals surface area (Å²) in [5.74, 6) is -0.454. The highest BCUT2D eigenvalue weighted by atomic mass is 16.5. The van der Waals surface area contributed by atoms with Crippen molar-refractivity contribution in [2.24, 2.45) is 0 Å². The molecule has 0 radical (unpaired) electrons. The molecule has 0 aliphatic heterocycles. The molecule has 4 nitrogen and oxygen atoms in total. The van der Waals surface area contributed by atoms with Crippen molar-refractivity contribution < 1.29 is 14.3 Å². The van der Waals surface area contributed by atoms with Crippen molar-refractivity contribution in [2.75, 3.05) is 13.7 Å². The second-order valence-electron chi connectivity index (χ2n) is 3.71. The molecule has 0 saturated carbocycles. The van der Waals surface area contributed by atoms with Crippen LogP contribution in [0.25, 0.3) is 0 Å². The quantitative estimate of drug-likeness (QED) is 0.533. The Bertz CT molecular complexity index is 259. The molecule has 0 spiro atoms. The smallest absolute Gasteiger partial charge is 0.307 e. The normalized spacial score (nSPS) is 11.1. The SMILES string of the molecule is CCCC/C(C)=C/C(=O)NCCC(=O)OC. The Morgan fingerprint density at radius 3 is 2.56 bits per heavy atom. The number of ether oxygens (including phenoxy) is 1. The first-order valence-electron chi connectivity index (χ1n) is 5.62. The largest absolute Gasteiger partial charge is 0.469 e. The summed E-state index contributed by atoms with van der Waals surface area (Å²) in [6, 6.07) is 0. The second kappa shape index (κ2) is 8.95. The summed E-state index contributed by atoms with van der Waals surface area (Å²) < 4.78 is 4.46. The van der Waals surface area contributed by atoms with Crippen LogP contribution in [0.3, 0.4) is 0 Å². The van der Waals surface area contributed by atoms with E-state index >= 15 is 0 Å². The van der Waals surface area contributed by atoms with E-state index in [4.69, 9.17) is 0 Å². The summed E-state index contributed by atoms with van der Waals surface area (Å²) >= 11 is 0. The molecule has 0 saturated heterocycles. The molecular weight excluding hydrogens is 206 g/mol. The molecule has 0 fully saturated rings. The molecule has 16 heavy (non-hydrogen) atoms. The lowest BCUT2D eigenvalue weighted by Gasteiger charge is -2.02. The Balaban J connectivity index is 3.76. The zero-order valence-corrected chi connectivity index (χ0v) is 10.3. The van der Waals surface area contributed by atoms with Crippen LogP contribution in [0.5, 0.6) is 0 Å². The predicted octanol–water partition coefficient (Wildman–Crippen LogP) is 1.80. The highest BCUT2D eigenvalue weighted by Gasteiger charge is 2.01. The minimum Gasteiger partial charge on any atom is -0.469 e. The summed E-state index contributed by atoms with van der Waals surface area (Å²) in [5, 5.41) is 2.64. The van der Waals surface area contributed by atoms with Gasteiger partial charge in [0, 0.05) is 12.6 Å². The number of nitrogens with one attached hydrogen (secondary N) is 1. The summed E-state index contributed by atoms with van der Waals surface area (Å²) in [7, 11) is 1.33. The Morgan fingerprint density at radius 1 is 1.31 bits per heavy atom. The lowest BCUT2D eigenvalue weighted by atomic mass is 10.1. The van der Waals surface area contributed by atoms with Crippen molar-refractivity contribution in [3.05, 3.63) is 11.6 Å². The van der Waals surface area contributed by atoms with Gasteiger partial charge in [0.1, 0.15) is 0 Å². The van der Waals surface area contributed by atoms with Gasteiger partial charge < -0.3 is 10.1 Å². The first-order valence-corrected chi connectivity index (χ1v) is 5.62. The number of esters is 1. The first-order chi connectivity index (χ1) is 7.60. The van der Waals surface area contributed by atoms with Crippen LogP contribution in [0.1, 0.15) is 39.5 Å². The van der Waals surface area contributed by atoms with E-state index < -0.39 is 0 Å². The number of carbonyl (C=O) groups is 2. The van der Waals surface area contributed by atoms with Gasteiger partial charge in [-0.2, -0.15) is 0 Å². The van der Waals surface area contributed by atoms with Crippen molar-refractivity contribution in [1.29, 1.82) is 0 Å². The topological polar surface area (TPSA) is 55.4 Å². The predicted molar refractivity (Wildman–Crippen MR) is 62.9 cm³/mol. The van der Waals surface area contributed by atoms with Crippen molar-refractivity contribution in [3.63, 3.8) is 0 Å². The third-order valence-corrected chi connectivity index (χ3v) is 2.16. The molecule has 0 aromatic carbocycles. The highest BCUT2D eigenvalue weighted by Crippen LogP contribution is 2.05. The van der Waals surface area contributed by atoms with Gasteiger partial charge in [-0.3, -0.25) is 9.59 Å². The molecule has 4 heteroatoms. The van der Waals surface area contributed by atoms with E-state index in [2.05, 4.69) is 17.0 Å². The number of carbonyl (C=O) groups excluding carboxylic acids is 2. The Morgan fingerprint density at radius 2 is 2.00 bits per heavy atom. The van der Waals surface area contributed by atoms with Gasteiger partial charge in [-0.1, -0.05) is 18.9 Å². The Labute approximate surface area is 97.1 Å². The van der Waals surface area contributed by atoms with E-state index in [0.29, 0.717) is 6.54 Å². The third-order valence-electron chi connectivity index (χ3n) is 2.16. The van der Waals surface area contributed by atoms with Gasteiger partial charge in [0.2, 0.25) is 5.91 Å². The number of hydrogen-bond acceptors (Lipinski definition) is 3. The molecule has 0 unspecified atom stereocenters. The molecule has 0 rings (SSSR count). The Hall–Kier alpha value is -1.32. The molecule has 0 aromatic rings. The van der Waals surface area contributed by atoms with Crippen LogP contribution in [0.4, 0.5) is 0 Å². The minimum absolute atomic E-state index is 0.141. The number of hydrogen-bond donors (Lipinski definition) is 1. The van der Waals surface area contributed by atoms with Crippen LogP contribution < -0.4 is 5.32 Å². The van der Waals surface area contributed by atoms with Crippen LogP contribution >= 0.6 is 0 Å². The summed E-state index contributed by atoms with van der Waals surface area (Å²) in [6.07, 6.45) is 4.96. The zero-order valence-electron chi connectivity index (χ0n) is 10.3. The molecule has 0 heterocycles. The van der Waals surface area contributed by atoms with Gasteiger partial charge in [-0.25, -0.2) is 0 Å². The van der Waals surface area contributed by atoms with E-state index in [9.17, 15) is 9.59 Å². The fraction of sp³-hybridized carbons (Fsp3) is 0.667. The molecule has 1 N–H and O–H groups in total. The zero-order chi connectivity index (χ0) is 12.4. The van der Waals surface area contributed by atoms with E-state index in [-0.39, 0.29) is 18.3 Å². The molecule has 0 aliphatic carbocycles. The van der Waals surface area contributed by atoms with Gasteiger partial charge in [0.25, 0.3) is 0 Å². The second-order valence-corrected chi connectivity index (χ2v) is 3.71. The molecule has 0 aliphatic rings. The van der Waals surface area contributed by atoms with Crippen LogP contribution in [0, 0.1) is 0 Å². The monoisotopic (exact) mass is 227 g/mol. The molecule has 0 aromatic heterocycles. The summed E-state index contributed by atoms with van der Waals surface area (Å²) in [6.45, 7) is 4.38. The maximum Gasteiger partial charge on any atom is 0.307 e. The van der Waals surface area contributed by atoms with Crippen LogP contribution in [-0.4, -0.2) is 25.5 Å². The number of unbranched alkanes of at least 4 members (excludes halogenated alkanes) is 1. The number of allylic oxidation sites excluding steroid dienone is 1. The maximum atomic E-state index is 11.3. The van der Waals surface area contributed by atoms with Crippen LogP contribution in [0.15, 0.2) is 11.6 Å². The molecule has 0 bridgehead atoms. The highest BCUT2D eigenvalue weighted by molar-refractivity contribution is 5.88. The number of methoxy groups -OCH3 is 1. The molecule has 92 valence electrons. The average molecular weight is 227 g/mol. The summed E-state index contributed by atoms with van der Waals surface area (Å²) in [4.78, 5) is 22.1. The van der Waals surface area contributed by atoms with Crippen molar-refractivity contribution in [1.82, 2.24) is 5.32 Å². The lowest BCUT2D eigenvalue weighted by molar-refractivity contribution is -0.140. The van der Waals surface area contributed by atoms with Crippen molar-refractivity contribution in [3.8, 4) is 0 Å². The van der Waals surface area contributed by atoms with Crippen LogP contribution in [0.2, 0.25) is 0 Å². The molecule has 1 amide bonds. The number of rotatable bonds is 7. The van der Waals surface area contributed by atoms with Crippen molar-refractivity contribution in [2.45, 2.75) is 39.5 Å². The molecule has 0 atom stereocenters. The van der Waals surface area contributed by atoms with Gasteiger partial charge in [-0.15, -0.1) is 0 Å². The fourth-order valence-electron chi connectivity index (χ4n) is 1.19. The van der Waals surface area contributed by atoms with Gasteiger partial charge in [0.05, 0.1) is 13.5 Å². The van der Waals surface area contributed by atoms with Crippen LogP contribution in [-0.2, 0) is 14.3 Å². The van der Waals surface area contributed by atoms with Gasteiger partial charge in [0.15, 0.2) is 0 Å². The standard InChI is InChI=1S/C12H21NO3/c1-4-5-6-10(2)9-11(14)13-8-7-12(15)16-3/h9H,4-8H2,1-3H3,(H,13,14)/b10-9+. The first kappa shape index (κ1) is 14.7. The minimum atomic E-state index is -0.313. The lowest BCUT2D eigenvalue weighted by Crippen LogP contribution is -2.24. The average Bonchev–Trinajstić information content (AvgIpc) is 2.25. The van der Waals surface area contributed by atoms with E-state index in [1.807, 2.05) is 6.92 Å². The maximum absolute atomic E-state index is 11.3. The number of amides is 1. The van der Waals surface area contributed by atoms with Gasteiger partial charge >= 0.3 is 5.97 Å². The third kappa shape index (κ3) is 8.03. The summed E-state index contributed by atoms with van der Waals surface area (Å²) in [5.41, 5.74) is 1.07. The Kier molecular flexibility index (Phi) is 8.21. The van der Waals surface area contributed by atoms with Gasteiger partial charge in [-0.05, 0) is 19.8 Å². The van der Waals surface area contributed by atoms with E-state index in [0.717, 1.165) is 24.8 Å². The molecular formula is C12H21NO3. The van der Waals surface area contributed by atoms with E-state index in [1.165, 1.54) is 7.11 Å². The van der Waals surface area contributed by atoms with E-state index in [1.54, 1.807) is 6.08 Å². The fourth-order valence-corrected chi connectivity index (χ4v) is 1.19. The van der Waals surface area contributed by atoms with Crippen molar-refractivity contribution >= 4 is 11.9 Å².